The molecule has 0 aliphatic heterocycles. The fraction of sp³-hybridized carbons (Fsp3) is 0.130. The van der Waals surface area contributed by atoms with Crippen molar-refractivity contribution in [3.63, 3.8) is 0 Å². The van der Waals surface area contributed by atoms with E-state index in [1.54, 1.807) is 59.9 Å². The molecule has 2 aromatic heterocycles. The van der Waals surface area contributed by atoms with Crippen LogP contribution < -0.4 is 15.4 Å². The van der Waals surface area contributed by atoms with Gasteiger partial charge in [-0.2, -0.15) is 0 Å². The zero-order valence-electron chi connectivity index (χ0n) is 17.2. The lowest BCUT2D eigenvalue weighted by molar-refractivity contribution is -0.113. The van der Waals surface area contributed by atoms with Crippen LogP contribution in [0.3, 0.4) is 0 Å². The minimum Gasteiger partial charge on any atom is -0.494 e. The molecule has 162 valence electrons. The van der Waals surface area contributed by atoms with E-state index in [2.05, 4.69) is 20.6 Å². The molecule has 7 nitrogen and oxygen atoms in total. The van der Waals surface area contributed by atoms with Crippen molar-refractivity contribution in [3.05, 3.63) is 71.9 Å². The van der Waals surface area contributed by atoms with Crippen molar-refractivity contribution >= 4 is 56.5 Å². The molecule has 0 saturated carbocycles. The Morgan fingerprint density at radius 2 is 1.69 bits per heavy atom. The van der Waals surface area contributed by atoms with Gasteiger partial charge in [-0.1, -0.05) is 11.8 Å². The molecule has 0 radical (unpaired) electrons. The second kappa shape index (κ2) is 10.3. The zero-order valence-corrected chi connectivity index (χ0v) is 18.8. The summed E-state index contributed by atoms with van der Waals surface area (Å²) in [6.45, 7) is 2.51. The van der Waals surface area contributed by atoms with E-state index in [4.69, 9.17) is 4.74 Å². The van der Waals surface area contributed by atoms with Crippen LogP contribution in [0, 0.1) is 0 Å². The largest absolute Gasteiger partial charge is 0.494 e. The summed E-state index contributed by atoms with van der Waals surface area (Å²) in [5.41, 5.74) is 1.79. The monoisotopic (exact) mass is 464 g/mol. The minimum atomic E-state index is -0.230. The molecular formula is C23H20N4O3S2. The summed E-state index contributed by atoms with van der Waals surface area (Å²) in [5.74, 6) is 0.597. The molecule has 4 rings (SSSR count). The highest BCUT2D eigenvalue weighted by atomic mass is 32.2. The number of thiophene rings is 1. The van der Waals surface area contributed by atoms with Crippen molar-refractivity contribution in [2.45, 2.75) is 11.9 Å². The minimum absolute atomic E-state index is 0.149. The predicted molar refractivity (Wildman–Crippen MR) is 129 cm³/mol. The Morgan fingerprint density at radius 1 is 0.969 bits per heavy atom. The van der Waals surface area contributed by atoms with Gasteiger partial charge in [-0.25, -0.2) is 9.97 Å². The average molecular weight is 465 g/mol. The van der Waals surface area contributed by atoms with Crippen molar-refractivity contribution < 1.29 is 14.3 Å². The van der Waals surface area contributed by atoms with E-state index >= 15 is 0 Å². The third kappa shape index (κ3) is 5.43. The van der Waals surface area contributed by atoms with Crippen molar-refractivity contribution in [1.29, 1.82) is 0 Å². The van der Waals surface area contributed by atoms with Gasteiger partial charge in [0, 0.05) is 22.3 Å². The van der Waals surface area contributed by atoms with E-state index in [1.807, 2.05) is 18.4 Å². The van der Waals surface area contributed by atoms with Gasteiger partial charge >= 0.3 is 0 Å². The van der Waals surface area contributed by atoms with Crippen molar-refractivity contribution in [2.24, 2.45) is 0 Å². The molecule has 2 amide bonds. The van der Waals surface area contributed by atoms with Crippen LogP contribution in [-0.2, 0) is 4.79 Å². The fourth-order valence-corrected chi connectivity index (χ4v) is 4.50. The summed E-state index contributed by atoms with van der Waals surface area (Å²) < 4.78 is 5.40. The van der Waals surface area contributed by atoms with Crippen LogP contribution in [0.2, 0.25) is 0 Å². The lowest BCUT2D eigenvalue weighted by Gasteiger charge is -2.09. The fourth-order valence-electron chi connectivity index (χ4n) is 2.92. The van der Waals surface area contributed by atoms with Gasteiger partial charge in [0.2, 0.25) is 5.91 Å². The molecule has 0 aliphatic carbocycles. The molecule has 2 aromatic carbocycles. The number of fused-ring (bicyclic) bond motifs is 1. The van der Waals surface area contributed by atoms with Crippen molar-refractivity contribution in [3.8, 4) is 5.75 Å². The maximum absolute atomic E-state index is 12.5. The van der Waals surface area contributed by atoms with E-state index in [-0.39, 0.29) is 17.6 Å². The molecule has 0 saturated heterocycles. The number of amides is 2. The van der Waals surface area contributed by atoms with Crippen molar-refractivity contribution in [1.82, 2.24) is 9.97 Å². The number of benzene rings is 2. The summed E-state index contributed by atoms with van der Waals surface area (Å²) in [4.78, 5) is 34.2. The Bertz CT molecular complexity index is 1220. The summed E-state index contributed by atoms with van der Waals surface area (Å²) in [5, 5.41) is 9.38. The van der Waals surface area contributed by atoms with Crippen LogP contribution >= 0.6 is 23.1 Å². The second-order valence-corrected chi connectivity index (χ2v) is 8.50. The first-order valence-electron chi connectivity index (χ1n) is 9.87. The number of hydrogen-bond acceptors (Lipinski definition) is 7. The van der Waals surface area contributed by atoms with Gasteiger partial charge < -0.3 is 15.4 Å². The topological polar surface area (TPSA) is 93.2 Å². The first-order chi connectivity index (χ1) is 15.6. The number of anilines is 2. The summed E-state index contributed by atoms with van der Waals surface area (Å²) in [6, 6.07) is 15.9. The average Bonchev–Trinajstić information content (AvgIpc) is 3.29. The quantitative estimate of drug-likeness (QED) is 0.279. The molecule has 4 aromatic rings. The number of hydrogen-bond donors (Lipinski definition) is 2. The number of aromatic nitrogens is 2. The first kappa shape index (κ1) is 21.8. The van der Waals surface area contributed by atoms with Crippen LogP contribution in [0.1, 0.15) is 17.3 Å². The van der Waals surface area contributed by atoms with Gasteiger partial charge in [-0.15, -0.1) is 11.3 Å². The number of nitrogens with one attached hydrogen (secondary N) is 2. The van der Waals surface area contributed by atoms with Gasteiger partial charge in [0.1, 0.15) is 21.9 Å². The number of nitrogens with zero attached hydrogens (tertiary/aromatic N) is 2. The van der Waals surface area contributed by atoms with Gasteiger partial charge in [-0.05, 0) is 66.9 Å². The SMILES string of the molecule is CCOc1ccc(NC(=O)c2ccc(NC(=O)CSc3ncnc4sccc34)cc2)cc1. The Hall–Kier alpha value is -3.43. The van der Waals surface area contributed by atoms with E-state index in [0.717, 1.165) is 21.0 Å². The number of carbonyl (C=O) groups is 2. The first-order valence-corrected chi connectivity index (χ1v) is 11.7. The zero-order chi connectivity index (χ0) is 22.3. The smallest absolute Gasteiger partial charge is 0.255 e. The summed E-state index contributed by atoms with van der Waals surface area (Å²) in [6.07, 6.45) is 1.51. The normalized spacial score (nSPS) is 10.7. The van der Waals surface area contributed by atoms with E-state index in [0.29, 0.717) is 23.5 Å². The number of carbonyl (C=O) groups excluding carboxylic acids is 2. The third-order valence-corrected chi connectivity index (χ3v) is 6.25. The molecule has 0 atom stereocenters. The Labute approximate surface area is 193 Å². The molecule has 9 heteroatoms. The van der Waals surface area contributed by atoms with Crippen LogP contribution in [0.5, 0.6) is 5.75 Å². The van der Waals surface area contributed by atoms with Crippen LogP contribution in [0.25, 0.3) is 10.2 Å². The Kier molecular flexibility index (Phi) is 6.98. The Balaban J connectivity index is 1.30. The lowest BCUT2D eigenvalue weighted by Crippen LogP contribution is -2.15. The van der Waals surface area contributed by atoms with E-state index < -0.39 is 0 Å². The molecule has 2 heterocycles. The number of ether oxygens (including phenoxy) is 1. The van der Waals surface area contributed by atoms with Crippen LogP contribution in [-0.4, -0.2) is 34.1 Å². The lowest BCUT2D eigenvalue weighted by atomic mass is 10.2. The van der Waals surface area contributed by atoms with E-state index in [1.165, 1.54) is 18.1 Å². The maximum atomic E-state index is 12.5. The third-order valence-electron chi connectivity index (χ3n) is 4.42. The molecule has 0 aliphatic rings. The van der Waals surface area contributed by atoms with E-state index in [9.17, 15) is 9.59 Å². The summed E-state index contributed by atoms with van der Waals surface area (Å²) in [7, 11) is 0. The van der Waals surface area contributed by atoms with Crippen LogP contribution in [0.15, 0.2) is 71.3 Å². The molecule has 0 fully saturated rings. The highest BCUT2D eigenvalue weighted by molar-refractivity contribution is 8.00. The molecule has 0 bridgehead atoms. The van der Waals surface area contributed by atoms with Gasteiger partial charge in [0.25, 0.3) is 5.91 Å². The molecule has 32 heavy (non-hydrogen) atoms. The molecular weight excluding hydrogens is 444 g/mol. The van der Waals surface area contributed by atoms with Gasteiger partial charge in [-0.3, -0.25) is 9.59 Å². The molecule has 2 N–H and O–H groups in total. The maximum Gasteiger partial charge on any atom is 0.255 e. The standard InChI is InChI=1S/C23H20N4O3S2/c1-2-30-18-9-7-17(8-10-18)27-21(29)15-3-5-16(6-4-15)26-20(28)13-32-23-19-11-12-31-22(19)24-14-25-23/h3-12,14H,2,13H2,1H3,(H,26,28)(H,27,29). The number of rotatable bonds is 8. The highest BCUT2D eigenvalue weighted by Crippen LogP contribution is 2.27. The number of thioether (sulfide) groups is 1. The Morgan fingerprint density at radius 3 is 2.44 bits per heavy atom. The summed E-state index contributed by atoms with van der Waals surface area (Å²) >= 11 is 2.91. The van der Waals surface area contributed by atoms with Gasteiger partial charge in [0.15, 0.2) is 0 Å². The van der Waals surface area contributed by atoms with Crippen LogP contribution in [0.4, 0.5) is 11.4 Å². The second-order valence-electron chi connectivity index (χ2n) is 6.64. The van der Waals surface area contributed by atoms with Gasteiger partial charge in [0.05, 0.1) is 12.4 Å². The highest BCUT2D eigenvalue weighted by Gasteiger charge is 2.10. The van der Waals surface area contributed by atoms with Crippen molar-refractivity contribution in [2.75, 3.05) is 23.0 Å². The predicted octanol–water partition coefficient (Wildman–Crippen LogP) is 5.07. The molecule has 0 spiro atoms. The molecule has 0 unspecified atom stereocenters.